The van der Waals surface area contributed by atoms with Crippen LogP contribution in [0.25, 0.3) is 0 Å². The van der Waals surface area contributed by atoms with E-state index in [-0.39, 0.29) is 0 Å². The van der Waals surface area contributed by atoms with Gasteiger partial charge >= 0.3 is 0 Å². The third-order valence-electron chi connectivity index (χ3n) is 2.89. The molecule has 0 aliphatic heterocycles. The molecular formula is C15H19N3. The number of aromatic nitrogens is 2. The van der Waals surface area contributed by atoms with Crippen molar-refractivity contribution in [3.8, 4) is 0 Å². The molecule has 18 heavy (non-hydrogen) atoms. The maximum Gasteiger partial charge on any atom is 0.149 e. The van der Waals surface area contributed by atoms with Crippen LogP contribution in [0, 0.1) is 6.92 Å². The Morgan fingerprint density at radius 2 is 2.00 bits per heavy atom. The van der Waals surface area contributed by atoms with Crippen LogP contribution in [0.2, 0.25) is 0 Å². The van der Waals surface area contributed by atoms with Crippen molar-refractivity contribution >= 4 is 5.82 Å². The minimum absolute atomic E-state index is 0.390. The Morgan fingerprint density at radius 3 is 2.72 bits per heavy atom. The molecular weight excluding hydrogens is 222 g/mol. The Bertz CT molecular complexity index is 482. The number of anilines is 1. The molecule has 1 aromatic carbocycles. The number of hydrogen-bond donors (Lipinski definition) is 1. The number of benzene rings is 1. The van der Waals surface area contributed by atoms with Crippen LogP contribution in [0.15, 0.2) is 42.6 Å². The molecule has 0 aliphatic rings. The van der Waals surface area contributed by atoms with Crippen molar-refractivity contribution in [3.05, 3.63) is 53.7 Å². The lowest BCUT2D eigenvalue weighted by Gasteiger charge is -2.14. The molecule has 0 amide bonds. The van der Waals surface area contributed by atoms with Crippen molar-refractivity contribution in [1.82, 2.24) is 10.2 Å². The van der Waals surface area contributed by atoms with Crippen LogP contribution in [0.4, 0.5) is 5.82 Å². The lowest BCUT2D eigenvalue weighted by molar-refractivity contribution is 0.700. The van der Waals surface area contributed by atoms with Gasteiger partial charge in [0.15, 0.2) is 0 Å². The molecule has 2 aromatic rings. The largest absolute Gasteiger partial charge is 0.366 e. The topological polar surface area (TPSA) is 37.8 Å². The first-order valence-electron chi connectivity index (χ1n) is 6.34. The van der Waals surface area contributed by atoms with E-state index in [1.54, 1.807) is 6.20 Å². The van der Waals surface area contributed by atoms with Crippen molar-refractivity contribution < 1.29 is 0 Å². The molecule has 3 heteroatoms. The van der Waals surface area contributed by atoms with E-state index in [0.717, 1.165) is 24.2 Å². The van der Waals surface area contributed by atoms with Gasteiger partial charge in [-0.1, -0.05) is 30.3 Å². The maximum atomic E-state index is 4.07. The van der Waals surface area contributed by atoms with Crippen LogP contribution in [-0.4, -0.2) is 16.2 Å². The van der Waals surface area contributed by atoms with Crippen LogP contribution in [0.3, 0.4) is 0 Å². The minimum Gasteiger partial charge on any atom is -0.366 e. The standard InChI is InChI=1S/C15H19N3/c1-12-10-15(18-16-11-12)17-13(2)8-9-14-6-4-3-5-7-14/h3-7,10-11,13H,8-9H2,1-2H3,(H,17,18). The minimum atomic E-state index is 0.390. The summed E-state index contributed by atoms with van der Waals surface area (Å²) in [6.07, 6.45) is 3.92. The molecule has 1 aromatic heterocycles. The van der Waals surface area contributed by atoms with Crippen LogP contribution >= 0.6 is 0 Å². The molecule has 0 fully saturated rings. The van der Waals surface area contributed by atoms with Gasteiger partial charge in [-0.3, -0.25) is 0 Å². The fourth-order valence-corrected chi connectivity index (χ4v) is 1.89. The summed E-state index contributed by atoms with van der Waals surface area (Å²) in [6, 6.07) is 13.0. The van der Waals surface area contributed by atoms with Crippen molar-refractivity contribution in [1.29, 1.82) is 0 Å². The van der Waals surface area contributed by atoms with Gasteiger partial charge in [0.05, 0.1) is 6.20 Å². The molecule has 94 valence electrons. The summed E-state index contributed by atoms with van der Waals surface area (Å²) in [4.78, 5) is 0. The van der Waals surface area contributed by atoms with E-state index in [2.05, 4.69) is 46.7 Å². The Hall–Kier alpha value is -1.90. The second-order valence-corrected chi connectivity index (χ2v) is 4.69. The number of nitrogens with one attached hydrogen (secondary N) is 1. The molecule has 0 aliphatic carbocycles. The van der Waals surface area contributed by atoms with Gasteiger partial charge in [-0.25, -0.2) is 0 Å². The quantitative estimate of drug-likeness (QED) is 0.873. The van der Waals surface area contributed by atoms with E-state index in [0.29, 0.717) is 6.04 Å². The van der Waals surface area contributed by atoms with E-state index < -0.39 is 0 Å². The first-order chi connectivity index (χ1) is 8.74. The highest BCUT2D eigenvalue weighted by Crippen LogP contribution is 2.10. The highest BCUT2D eigenvalue weighted by Gasteiger charge is 2.04. The summed E-state index contributed by atoms with van der Waals surface area (Å²) in [5, 5.41) is 11.4. The molecule has 0 bridgehead atoms. The van der Waals surface area contributed by atoms with E-state index in [4.69, 9.17) is 0 Å². The molecule has 0 spiro atoms. The summed E-state index contributed by atoms with van der Waals surface area (Å²) in [5.41, 5.74) is 2.50. The van der Waals surface area contributed by atoms with Crippen molar-refractivity contribution in [2.24, 2.45) is 0 Å². The average Bonchev–Trinajstić information content (AvgIpc) is 2.38. The number of nitrogens with zero attached hydrogens (tertiary/aromatic N) is 2. The Balaban J connectivity index is 1.84. The van der Waals surface area contributed by atoms with E-state index >= 15 is 0 Å². The third kappa shape index (κ3) is 3.84. The fourth-order valence-electron chi connectivity index (χ4n) is 1.89. The summed E-state index contributed by atoms with van der Waals surface area (Å²) >= 11 is 0. The first-order valence-corrected chi connectivity index (χ1v) is 6.34. The maximum absolute atomic E-state index is 4.07. The highest BCUT2D eigenvalue weighted by atomic mass is 15.2. The smallest absolute Gasteiger partial charge is 0.149 e. The molecule has 0 saturated carbocycles. The first kappa shape index (κ1) is 12.6. The normalized spacial score (nSPS) is 12.1. The molecule has 1 unspecified atom stereocenters. The fraction of sp³-hybridized carbons (Fsp3) is 0.333. The molecule has 2 rings (SSSR count). The Labute approximate surface area is 108 Å². The summed E-state index contributed by atoms with van der Waals surface area (Å²) < 4.78 is 0. The van der Waals surface area contributed by atoms with Gasteiger partial charge in [0, 0.05) is 6.04 Å². The zero-order valence-corrected chi connectivity index (χ0v) is 10.9. The van der Waals surface area contributed by atoms with Crippen molar-refractivity contribution in [2.75, 3.05) is 5.32 Å². The molecule has 1 N–H and O–H groups in total. The molecule has 3 nitrogen and oxygen atoms in total. The summed E-state index contributed by atoms with van der Waals surface area (Å²) in [7, 11) is 0. The lowest BCUT2D eigenvalue weighted by Crippen LogP contribution is -2.17. The van der Waals surface area contributed by atoms with Crippen LogP contribution < -0.4 is 5.32 Å². The zero-order valence-electron chi connectivity index (χ0n) is 10.9. The predicted octanol–water partition coefficient (Wildman–Crippen LogP) is 3.22. The van der Waals surface area contributed by atoms with Crippen molar-refractivity contribution in [2.45, 2.75) is 32.7 Å². The average molecular weight is 241 g/mol. The molecule has 0 saturated heterocycles. The SMILES string of the molecule is Cc1cnnc(NC(C)CCc2ccccc2)c1. The molecule has 1 atom stereocenters. The number of rotatable bonds is 5. The van der Waals surface area contributed by atoms with Gasteiger partial charge in [-0.05, 0) is 43.9 Å². The van der Waals surface area contributed by atoms with E-state index in [1.165, 1.54) is 5.56 Å². The Kier molecular flexibility index (Phi) is 4.29. The van der Waals surface area contributed by atoms with Gasteiger partial charge in [0.1, 0.15) is 5.82 Å². The number of aryl methyl sites for hydroxylation is 2. The van der Waals surface area contributed by atoms with Crippen molar-refractivity contribution in [3.63, 3.8) is 0 Å². The lowest BCUT2D eigenvalue weighted by atomic mass is 10.1. The molecule has 1 heterocycles. The third-order valence-corrected chi connectivity index (χ3v) is 2.89. The van der Waals surface area contributed by atoms with Gasteiger partial charge in [-0.15, -0.1) is 5.10 Å². The highest BCUT2D eigenvalue weighted by molar-refractivity contribution is 5.36. The van der Waals surface area contributed by atoms with Gasteiger partial charge < -0.3 is 5.32 Å². The van der Waals surface area contributed by atoms with Gasteiger partial charge in [0.25, 0.3) is 0 Å². The van der Waals surface area contributed by atoms with Gasteiger partial charge in [-0.2, -0.15) is 5.10 Å². The van der Waals surface area contributed by atoms with Gasteiger partial charge in [0.2, 0.25) is 0 Å². The number of hydrogen-bond acceptors (Lipinski definition) is 3. The monoisotopic (exact) mass is 241 g/mol. The van der Waals surface area contributed by atoms with Crippen LogP contribution in [0.1, 0.15) is 24.5 Å². The summed E-state index contributed by atoms with van der Waals surface area (Å²) in [6.45, 7) is 4.20. The van der Waals surface area contributed by atoms with Crippen LogP contribution in [0.5, 0.6) is 0 Å². The van der Waals surface area contributed by atoms with Crippen LogP contribution in [-0.2, 0) is 6.42 Å². The second-order valence-electron chi connectivity index (χ2n) is 4.69. The van der Waals surface area contributed by atoms with E-state index in [9.17, 15) is 0 Å². The molecule has 0 radical (unpaired) electrons. The predicted molar refractivity (Wildman–Crippen MR) is 74.6 cm³/mol. The van der Waals surface area contributed by atoms with E-state index in [1.807, 2.05) is 19.1 Å². The Morgan fingerprint density at radius 1 is 1.22 bits per heavy atom. The second kappa shape index (κ2) is 6.15. The zero-order chi connectivity index (χ0) is 12.8. The summed E-state index contributed by atoms with van der Waals surface area (Å²) in [5.74, 6) is 0.857.